The van der Waals surface area contributed by atoms with Crippen LogP contribution in [0.3, 0.4) is 0 Å². The minimum absolute atomic E-state index is 0.0997. The molecule has 0 fully saturated rings. The fourth-order valence-corrected chi connectivity index (χ4v) is 1.21. The SMILES string of the molecule is CC(C)(C)OCCOc1cccnc1C(=N)N. The van der Waals surface area contributed by atoms with Gasteiger partial charge in [-0.25, -0.2) is 4.98 Å². The van der Waals surface area contributed by atoms with Crippen LogP contribution in [0, 0.1) is 5.41 Å². The van der Waals surface area contributed by atoms with Gasteiger partial charge in [-0.05, 0) is 32.9 Å². The number of hydrogen-bond donors (Lipinski definition) is 2. The Kier molecular flexibility index (Phi) is 4.45. The molecule has 1 heterocycles. The van der Waals surface area contributed by atoms with Crippen molar-refractivity contribution < 1.29 is 9.47 Å². The number of aromatic nitrogens is 1. The van der Waals surface area contributed by atoms with E-state index in [9.17, 15) is 0 Å². The van der Waals surface area contributed by atoms with Gasteiger partial charge in [0.2, 0.25) is 0 Å². The van der Waals surface area contributed by atoms with Crippen molar-refractivity contribution in [1.29, 1.82) is 5.41 Å². The third-order valence-corrected chi connectivity index (χ3v) is 1.90. The van der Waals surface area contributed by atoms with Crippen molar-refractivity contribution >= 4 is 5.84 Å². The Morgan fingerprint density at radius 1 is 1.41 bits per heavy atom. The molecule has 0 unspecified atom stereocenters. The second-order valence-electron chi connectivity index (χ2n) is 4.57. The lowest BCUT2D eigenvalue weighted by molar-refractivity contribution is -0.0163. The Morgan fingerprint density at radius 3 is 2.71 bits per heavy atom. The summed E-state index contributed by atoms with van der Waals surface area (Å²) in [6.07, 6.45) is 1.58. The molecule has 0 bridgehead atoms. The lowest BCUT2D eigenvalue weighted by Gasteiger charge is -2.19. The molecule has 1 aromatic rings. The lowest BCUT2D eigenvalue weighted by atomic mass is 10.2. The van der Waals surface area contributed by atoms with Crippen molar-refractivity contribution in [3.8, 4) is 5.75 Å². The van der Waals surface area contributed by atoms with Crippen LogP contribution in [0.1, 0.15) is 26.5 Å². The molecule has 0 amide bonds. The number of hydrogen-bond acceptors (Lipinski definition) is 4. The highest BCUT2D eigenvalue weighted by molar-refractivity contribution is 5.95. The third kappa shape index (κ3) is 4.82. The smallest absolute Gasteiger partial charge is 0.148 e. The normalized spacial score (nSPS) is 11.2. The van der Waals surface area contributed by atoms with Gasteiger partial charge in [0.05, 0.1) is 12.2 Å². The van der Waals surface area contributed by atoms with E-state index in [1.54, 1.807) is 18.3 Å². The summed E-state index contributed by atoms with van der Waals surface area (Å²) < 4.78 is 11.0. The van der Waals surface area contributed by atoms with E-state index in [-0.39, 0.29) is 11.4 Å². The van der Waals surface area contributed by atoms with Gasteiger partial charge in [-0.1, -0.05) is 0 Å². The van der Waals surface area contributed by atoms with Gasteiger partial charge >= 0.3 is 0 Å². The number of rotatable bonds is 5. The molecule has 5 nitrogen and oxygen atoms in total. The largest absolute Gasteiger partial charge is 0.489 e. The number of nitrogen functional groups attached to an aromatic ring is 1. The van der Waals surface area contributed by atoms with Gasteiger partial charge in [0, 0.05) is 6.20 Å². The van der Waals surface area contributed by atoms with E-state index in [1.807, 2.05) is 20.8 Å². The van der Waals surface area contributed by atoms with Crippen molar-refractivity contribution in [2.75, 3.05) is 13.2 Å². The molecule has 5 heteroatoms. The molecule has 1 rings (SSSR count). The average molecular weight is 237 g/mol. The van der Waals surface area contributed by atoms with Crippen LogP contribution in [-0.2, 0) is 4.74 Å². The van der Waals surface area contributed by atoms with E-state index >= 15 is 0 Å². The zero-order chi connectivity index (χ0) is 12.9. The van der Waals surface area contributed by atoms with Gasteiger partial charge in [-0.2, -0.15) is 0 Å². The fraction of sp³-hybridized carbons (Fsp3) is 0.500. The Morgan fingerprint density at radius 2 is 2.12 bits per heavy atom. The van der Waals surface area contributed by atoms with E-state index in [0.717, 1.165) is 0 Å². The summed E-state index contributed by atoms with van der Waals surface area (Å²) in [5.74, 6) is 0.412. The summed E-state index contributed by atoms with van der Waals surface area (Å²) >= 11 is 0. The van der Waals surface area contributed by atoms with Crippen LogP contribution in [-0.4, -0.2) is 29.6 Å². The first-order valence-corrected chi connectivity index (χ1v) is 5.46. The molecule has 0 saturated heterocycles. The summed E-state index contributed by atoms with van der Waals surface area (Å²) in [5.41, 5.74) is 5.58. The summed E-state index contributed by atoms with van der Waals surface area (Å²) in [7, 11) is 0. The average Bonchev–Trinajstić information content (AvgIpc) is 2.23. The first-order valence-electron chi connectivity index (χ1n) is 5.46. The van der Waals surface area contributed by atoms with E-state index in [0.29, 0.717) is 24.7 Å². The van der Waals surface area contributed by atoms with E-state index < -0.39 is 0 Å². The van der Waals surface area contributed by atoms with E-state index in [1.165, 1.54) is 0 Å². The van der Waals surface area contributed by atoms with Gasteiger partial charge < -0.3 is 15.2 Å². The Hall–Kier alpha value is -1.62. The molecule has 0 aliphatic rings. The van der Waals surface area contributed by atoms with Crippen LogP contribution >= 0.6 is 0 Å². The molecule has 1 aromatic heterocycles. The zero-order valence-corrected chi connectivity index (χ0v) is 10.5. The molecular weight excluding hydrogens is 218 g/mol. The molecule has 17 heavy (non-hydrogen) atoms. The molecule has 0 aliphatic heterocycles. The van der Waals surface area contributed by atoms with E-state index in [2.05, 4.69) is 4.98 Å². The fourth-order valence-electron chi connectivity index (χ4n) is 1.21. The summed E-state index contributed by atoms with van der Waals surface area (Å²) in [6.45, 7) is 6.84. The van der Waals surface area contributed by atoms with Gasteiger partial charge in [-0.15, -0.1) is 0 Å². The Balaban J connectivity index is 2.49. The number of nitrogens with one attached hydrogen (secondary N) is 1. The lowest BCUT2D eigenvalue weighted by Crippen LogP contribution is -2.23. The van der Waals surface area contributed by atoms with Crippen LogP contribution in [0.5, 0.6) is 5.75 Å². The topological polar surface area (TPSA) is 81.2 Å². The van der Waals surface area contributed by atoms with E-state index in [4.69, 9.17) is 20.6 Å². The highest BCUT2D eigenvalue weighted by Gasteiger charge is 2.10. The maximum Gasteiger partial charge on any atom is 0.148 e. The standard InChI is InChI=1S/C12H19N3O2/c1-12(2,3)17-8-7-16-9-5-4-6-15-10(9)11(13)14/h4-6H,7-8H2,1-3H3,(H3,13,14). The monoisotopic (exact) mass is 237 g/mol. The maximum absolute atomic E-state index is 7.36. The number of pyridine rings is 1. The van der Waals surface area contributed by atoms with Gasteiger partial charge in [0.15, 0.2) is 0 Å². The van der Waals surface area contributed by atoms with Crippen molar-refractivity contribution in [3.63, 3.8) is 0 Å². The maximum atomic E-state index is 7.36. The summed E-state index contributed by atoms with van der Waals surface area (Å²) in [6, 6.07) is 3.48. The highest BCUT2D eigenvalue weighted by atomic mass is 16.5. The molecule has 0 spiro atoms. The molecule has 0 radical (unpaired) electrons. The molecule has 0 atom stereocenters. The van der Waals surface area contributed by atoms with Crippen LogP contribution in [0.25, 0.3) is 0 Å². The van der Waals surface area contributed by atoms with Crippen LogP contribution in [0.2, 0.25) is 0 Å². The molecular formula is C12H19N3O2. The molecule has 0 saturated carbocycles. The second-order valence-corrected chi connectivity index (χ2v) is 4.57. The summed E-state index contributed by atoms with van der Waals surface area (Å²) in [5, 5.41) is 7.36. The molecule has 94 valence electrons. The first-order chi connectivity index (χ1) is 7.90. The van der Waals surface area contributed by atoms with Crippen LogP contribution in [0.15, 0.2) is 18.3 Å². The van der Waals surface area contributed by atoms with Gasteiger partial charge in [0.1, 0.15) is 23.9 Å². The number of nitrogens with two attached hydrogens (primary N) is 1. The minimum atomic E-state index is -0.179. The minimum Gasteiger partial charge on any atom is -0.489 e. The second kappa shape index (κ2) is 5.63. The number of nitrogens with zero attached hydrogens (tertiary/aromatic N) is 1. The van der Waals surface area contributed by atoms with Crippen LogP contribution in [0.4, 0.5) is 0 Å². The molecule has 0 aromatic carbocycles. The van der Waals surface area contributed by atoms with Crippen molar-refractivity contribution in [2.45, 2.75) is 26.4 Å². The summed E-state index contributed by atoms with van der Waals surface area (Å²) in [4.78, 5) is 3.99. The van der Waals surface area contributed by atoms with Crippen LogP contribution < -0.4 is 10.5 Å². The van der Waals surface area contributed by atoms with Crippen molar-refractivity contribution in [1.82, 2.24) is 4.98 Å². The zero-order valence-electron chi connectivity index (χ0n) is 10.5. The highest BCUT2D eigenvalue weighted by Crippen LogP contribution is 2.14. The first kappa shape index (κ1) is 13.4. The predicted molar refractivity (Wildman–Crippen MR) is 66.5 cm³/mol. The third-order valence-electron chi connectivity index (χ3n) is 1.90. The number of amidine groups is 1. The quantitative estimate of drug-likeness (QED) is 0.462. The molecule has 0 aliphatic carbocycles. The number of ether oxygens (including phenoxy) is 2. The van der Waals surface area contributed by atoms with Gasteiger partial charge in [0.25, 0.3) is 0 Å². The van der Waals surface area contributed by atoms with Crippen molar-refractivity contribution in [3.05, 3.63) is 24.0 Å². The van der Waals surface area contributed by atoms with Gasteiger partial charge in [-0.3, -0.25) is 5.41 Å². The molecule has 3 N–H and O–H groups in total. The Bertz CT molecular complexity index is 386. The van der Waals surface area contributed by atoms with Crippen molar-refractivity contribution in [2.24, 2.45) is 5.73 Å². The Labute approximate surface area is 101 Å². The predicted octanol–water partition coefficient (Wildman–Crippen LogP) is 1.56.